The van der Waals surface area contributed by atoms with Crippen LogP contribution in [0.15, 0.2) is 79.1 Å². The summed E-state index contributed by atoms with van der Waals surface area (Å²) in [6, 6.07) is 22.6. The Morgan fingerprint density at radius 3 is 2.52 bits per heavy atom. The number of carbonyl (C=O) groups excluding carboxylic acids is 1. The van der Waals surface area contributed by atoms with Crippen molar-refractivity contribution in [1.82, 2.24) is 9.38 Å². The summed E-state index contributed by atoms with van der Waals surface area (Å²) in [4.78, 5) is 17.0. The zero-order valence-corrected chi connectivity index (χ0v) is 14.5. The number of aromatic nitrogens is 2. The van der Waals surface area contributed by atoms with Gasteiger partial charge in [-0.05, 0) is 42.0 Å². The highest BCUT2D eigenvalue weighted by Gasteiger charge is 2.08. The van der Waals surface area contributed by atoms with Crippen molar-refractivity contribution in [1.29, 1.82) is 5.26 Å². The molecule has 4 aromatic rings. The van der Waals surface area contributed by atoms with Crippen LogP contribution in [0, 0.1) is 11.3 Å². The molecule has 0 saturated carbocycles. The van der Waals surface area contributed by atoms with Crippen LogP contribution in [-0.4, -0.2) is 15.3 Å². The summed E-state index contributed by atoms with van der Waals surface area (Å²) in [6.45, 7) is 0. The SMILES string of the molecule is N#CCc1ccc(C(=O)Nc2ccc(-c3cn4ccccc4n3)cc2)cc1. The van der Waals surface area contributed by atoms with Gasteiger partial charge in [0.25, 0.3) is 5.91 Å². The highest BCUT2D eigenvalue weighted by atomic mass is 16.1. The summed E-state index contributed by atoms with van der Waals surface area (Å²) in [5.74, 6) is -0.181. The molecule has 4 rings (SSSR count). The lowest BCUT2D eigenvalue weighted by atomic mass is 10.1. The van der Waals surface area contributed by atoms with Crippen molar-refractivity contribution in [2.75, 3.05) is 5.32 Å². The molecule has 1 amide bonds. The summed E-state index contributed by atoms with van der Waals surface area (Å²) >= 11 is 0. The second-order valence-electron chi connectivity index (χ2n) is 6.16. The van der Waals surface area contributed by atoms with E-state index in [1.165, 1.54) is 0 Å². The fourth-order valence-corrected chi connectivity index (χ4v) is 2.87. The molecular weight excluding hydrogens is 336 g/mol. The number of amides is 1. The third-order valence-corrected chi connectivity index (χ3v) is 4.30. The molecule has 2 aromatic heterocycles. The van der Waals surface area contributed by atoms with Crippen LogP contribution in [0.5, 0.6) is 0 Å². The van der Waals surface area contributed by atoms with Crippen LogP contribution < -0.4 is 5.32 Å². The van der Waals surface area contributed by atoms with Gasteiger partial charge in [-0.15, -0.1) is 0 Å². The molecule has 5 nitrogen and oxygen atoms in total. The van der Waals surface area contributed by atoms with Crippen molar-refractivity contribution < 1.29 is 4.79 Å². The molecular formula is C22H16N4O. The third-order valence-electron chi connectivity index (χ3n) is 4.30. The number of anilines is 1. The minimum absolute atomic E-state index is 0.181. The van der Waals surface area contributed by atoms with Gasteiger partial charge in [-0.2, -0.15) is 5.26 Å². The number of pyridine rings is 1. The van der Waals surface area contributed by atoms with Gasteiger partial charge in [0.15, 0.2) is 0 Å². The van der Waals surface area contributed by atoms with E-state index in [-0.39, 0.29) is 5.91 Å². The first-order valence-corrected chi connectivity index (χ1v) is 8.54. The zero-order valence-electron chi connectivity index (χ0n) is 14.5. The average Bonchev–Trinajstić information content (AvgIpc) is 3.13. The quantitative estimate of drug-likeness (QED) is 0.595. The zero-order chi connectivity index (χ0) is 18.6. The molecule has 0 aliphatic carbocycles. The Labute approximate surface area is 156 Å². The number of benzene rings is 2. The molecule has 0 atom stereocenters. The summed E-state index contributed by atoms with van der Waals surface area (Å²) in [7, 11) is 0. The fourth-order valence-electron chi connectivity index (χ4n) is 2.87. The Bertz CT molecular complexity index is 1100. The van der Waals surface area contributed by atoms with Gasteiger partial charge in [0.1, 0.15) is 5.65 Å². The lowest BCUT2D eigenvalue weighted by molar-refractivity contribution is 0.102. The minimum Gasteiger partial charge on any atom is -0.322 e. The number of hydrogen-bond donors (Lipinski definition) is 1. The van der Waals surface area contributed by atoms with Gasteiger partial charge in [-0.1, -0.05) is 30.3 Å². The van der Waals surface area contributed by atoms with Crippen molar-refractivity contribution in [2.45, 2.75) is 6.42 Å². The van der Waals surface area contributed by atoms with Gasteiger partial charge in [-0.25, -0.2) is 4.98 Å². The van der Waals surface area contributed by atoms with E-state index >= 15 is 0 Å². The number of hydrogen-bond acceptors (Lipinski definition) is 3. The van der Waals surface area contributed by atoms with Crippen molar-refractivity contribution in [3.63, 3.8) is 0 Å². The van der Waals surface area contributed by atoms with E-state index in [0.29, 0.717) is 17.7 Å². The Morgan fingerprint density at radius 2 is 1.81 bits per heavy atom. The number of nitriles is 1. The Kier molecular flexibility index (Phi) is 4.38. The van der Waals surface area contributed by atoms with E-state index in [0.717, 1.165) is 22.5 Å². The second kappa shape index (κ2) is 7.14. The Morgan fingerprint density at radius 1 is 1.04 bits per heavy atom. The van der Waals surface area contributed by atoms with Gasteiger partial charge in [0, 0.05) is 29.2 Å². The van der Waals surface area contributed by atoms with E-state index in [1.807, 2.05) is 59.3 Å². The van der Waals surface area contributed by atoms with Gasteiger partial charge in [-0.3, -0.25) is 4.79 Å². The minimum atomic E-state index is -0.181. The molecule has 0 aliphatic rings. The number of nitrogens with one attached hydrogen (secondary N) is 1. The molecule has 2 aromatic carbocycles. The molecule has 0 bridgehead atoms. The number of rotatable bonds is 4. The second-order valence-corrected chi connectivity index (χ2v) is 6.16. The largest absolute Gasteiger partial charge is 0.322 e. The molecule has 0 saturated heterocycles. The molecule has 0 aliphatic heterocycles. The summed E-state index contributed by atoms with van der Waals surface area (Å²) in [5.41, 5.74) is 4.93. The monoisotopic (exact) mass is 352 g/mol. The van der Waals surface area contributed by atoms with Crippen LogP contribution in [0.3, 0.4) is 0 Å². The van der Waals surface area contributed by atoms with Crippen LogP contribution in [0.25, 0.3) is 16.9 Å². The third kappa shape index (κ3) is 3.55. The van der Waals surface area contributed by atoms with E-state index in [1.54, 1.807) is 24.3 Å². The van der Waals surface area contributed by atoms with Crippen molar-refractivity contribution in [3.8, 4) is 17.3 Å². The predicted molar refractivity (Wildman–Crippen MR) is 104 cm³/mol. The van der Waals surface area contributed by atoms with Crippen molar-refractivity contribution in [2.24, 2.45) is 0 Å². The first-order valence-electron chi connectivity index (χ1n) is 8.54. The van der Waals surface area contributed by atoms with E-state index in [4.69, 9.17) is 5.26 Å². The van der Waals surface area contributed by atoms with E-state index < -0.39 is 0 Å². The first kappa shape index (κ1) is 16.6. The molecule has 0 radical (unpaired) electrons. The van der Waals surface area contributed by atoms with Crippen LogP contribution in [0.2, 0.25) is 0 Å². The van der Waals surface area contributed by atoms with E-state index in [9.17, 15) is 4.79 Å². The average molecular weight is 352 g/mol. The van der Waals surface area contributed by atoms with Gasteiger partial charge >= 0.3 is 0 Å². The van der Waals surface area contributed by atoms with Gasteiger partial charge in [0.2, 0.25) is 0 Å². The predicted octanol–water partition coefficient (Wildman–Crippen LogP) is 4.32. The van der Waals surface area contributed by atoms with Crippen molar-refractivity contribution >= 4 is 17.2 Å². The maximum atomic E-state index is 12.4. The number of imidazole rings is 1. The molecule has 1 N–H and O–H groups in total. The molecule has 130 valence electrons. The first-order chi connectivity index (χ1) is 13.2. The summed E-state index contributed by atoms with van der Waals surface area (Å²) < 4.78 is 1.97. The molecule has 2 heterocycles. The highest BCUT2D eigenvalue weighted by molar-refractivity contribution is 6.04. The lowest BCUT2D eigenvalue weighted by Crippen LogP contribution is -2.11. The van der Waals surface area contributed by atoms with Crippen molar-refractivity contribution in [3.05, 3.63) is 90.3 Å². The van der Waals surface area contributed by atoms with Crippen LogP contribution in [0.1, 0.15) is 15.9 Å². The maximum absolute atomic E-state index is 12.4. The molecule has 0 unspecified atom stereocenters. The number of carbonyl (C=O) groups is 1. The normalized spacial score (nSPS) is 10.5. The number of nitrogens with zero attached hydrogens (tertiary/aromatic N) is 3. The van der Waals surface area contributed by atoms with Crippen LogP contribution >= 0.6 is 0 Å². The summed E-state index contributed by atoms with van der Waals surface area (Å²) in [6.07, 6.45) is 4.28. The van der Waals surface area contributed by atoms with Crippen LogP contribution in [0.4, 0.5) is 5.69 Å². The highest BCUT2D eigenvalue weighted by Crippen LogP contribution is 2.21. The lowest BCUT2D eigenvalue weighted by Gasteiger charge is -2.06. The molecule has 0 spiro atoms. The Balaban J connectivity index is 1.48. The summed E-state index contributed by atoms with van der Waals surface area (Å²) in [5, 5.41) is 11.6. The smallest absolute Gasteiger partial charge is 0.255 e. The maximum Gasteiger partial charge on any atom is 0.255 e. The fraction of sp³-hybridized carbons (Fsp3) is 0.0455. The number of fused-ring (bicyclic) bond motifs is 1. The Hall–Kier alpha value is -3.91. The molecule has 5 heteroatoms. The molecule has 27 heavy (non-hydrogen) atoms. The topological polar surface area (TPSA) is 70.2 Å². The standard InChI is InChI=1S/C22H16N4O/c23-13-12-16-4-6-18(7-5-16)22(27)24-19-10-8-17(9-11-19)20-15-26-14-2-1-3-21(26)25-20/h1-11,14-15H,12H2,(H,24,27). The van der Waals surface area contributed by atoms with Gasteiger partial charge in [0.05, 0.1) is 18.2 Å². The molecule has 0 fully saturated rings. The van der Waals surface area contributed by atoms with Gasteiger partial charge < -0.3 is 9.72 Å². The van der Waals surface area contributed by atoms with Crippen LogP contribution in [-0.2, 0) is 6.42 Å². The van der Waals surface area contributed by atoms with E-state index in [2.05, 4.69) is 16.4 Å².